The summed E-state index contributed by atoms with van der Waals surface area (Å²) in [4.78, 5) is 12.2. The van der Waals surface area contributed by atoms with Gasteiger partial charge in [0.1, 0.15) is 0 Å². The van der Waals surface area contributed by atoms with Crippen molar-refractivity contribution in [2.75, 3.05) is 6.54 Å². The van der Waals surface area contributed by atoms with Gasteiger partial charge in [-0.3, -0.25) is 4.79 Å². The molecule has 0 aliphatic heterocycles. The fraction of sp³-hybridized carbons (Fsp3) is 0.444. The molecule has 0 unspecified atom stereocenters. The third-order valence-corrected chi connectivity index (χ3v) is 4.56. The lowest BCUT2D eigenvalue weighted by Gasteiger charge is -2.19. The highest BCUT2D eigenvalue weighted by Crippen LogP contribution is 2.24. The molecule has 0 saturated heterocycles. The van der Waals surface area contributed by atoms with Crippen LogP contribution >= 0.6 is 27.5 Å². The SMILES string of the molecule is O=C(NC[C]1CCCCCCC1)c1cc(Br)ccc1Cl.[CH2].[CH2]. The number of hydrogen-bond donors (Lipinski definition) is 1. The Morgan fingerprint density at radius 3 is 2.32 bits per heavy atom. The smallest absolute Gasteiger partial charge is 0.252 e. The summed E-state index contributed by atoms with van der Waals surface area (Å²) in [5.74, 6) is 1.37. The molecular weight excluding hydrogens is 362 g/mol. The Labute approximate surface area is 149 Å². The number of hydrogen-bond acceptors (Lipinski definition) is 1. The third-order valence-electron chi connectivity index (χ3n) is 3.73. The number of benzene rings is 1. The summed E-state index contributed by atoms with van der Waals surface area (Å²) in [6, 6.07) is 5.34. The Balaban J connectivity index is 0.00000220. The van der Waals surface area contributed by atoms with E-state index in [2.05, 4.69) is 21.2 Å². The van der Waals surface area contributed by atoms with E-state index in [-0.39, 0.29) is 20.8 Å². The number of rotatable bonds is 3. The van der Waals surface area contributed by atoms with Gasteiger partial charge in [0.15, 0.2) is 0 Å². The summed E-state index contributed by atoms with van der Waals surface area (Å²) in [5, 5.41) is 3.50. The predicted molar refractivity (Wildman–Crippen MR) is 97.8 cm³/mol. The molecule has 1 aromatic rings. The summed E-state index contributed by atoms with van der Waals surface area (Å²) >= 11 is 9.44. The molecule has 4 heteroatoms. The number of amides is 1. The van der Waals surface area contributed by atoms with E-state index in [1.807, 2.05) is 6.07 Å². The average molecular weight is 386 g/mol. The van der Waals surface area contributed by atoms with Crippen molar-refractivity contribution in [2.24, 2.45) is 0 Å². The van der Waals surface area contributed by atoms with Crippen LogP contribution in [0.5, 0.6) is 0 Å². The average Bonchev–Trinajstić information content (AvgIpc) is 2.40. The van der Waals surface area contributed by atoms with Crippen molar-refractivity contribution in [1.82, 2.24) is 5.32 Å². The van der Waals surface area contributed by atoms with Crippen LogP contribution in [0.3, 0.4) is 0 Å². The molecule has 1 aliphatic rings. The maximum atomic E-state index is 12.2. The van der Waals surface area contributed by atoms with E-state index in [9.17, 15) is 4.79 Å². The van der Waals surface area contributed by atoms with Crippen LogP contribution in [0.25, 0.3) is 0 Å². The number of halogens is 2. The molecule has 2 rings (SSSR count). The first-order valence-corrected chi connectivity index (χ1v) is 8.41. The minimum atomic E-state index is -0.0918. The molecule has 0 heterocycles. The van der Waals surface area contributed by atoms with Gasteiger partial charge in [0.2, 0.25) is 0 Å². The zero-order valence-electron chi connectivity index (χ0n) is 13.0. The highest BCUT2D eigenvalue weighted by molar-refractivity contribution is 9.10. The van der Waals surface area contributed by atoms with E-state index in [4.69, 9.17) is 11.6 Å². The molecule has 2 nitrogen and oxygen atoms in total. The molecule has 22 heavy (non-hydrogen) atoms. The molecule has 5 radical (unpaired) electrons. The number of carbonyl (C=O) groups is 1. The largest absolute Gasteiger partial charge is 0.351 e. The molecule has 0 aromatic heterocycles. The van der Waals surface area contributed by atoms with Crippen molar-refractivity contribution < 1.29 is 4.79 Å². The van der Waals surface area contributed by atoms with Gasteiger partial charge in [-0.05, 0) is 37.0 Å². The van der Waals surface area contributed by atoms with E-state index >= 15 is 0 Å². The lowest BCUT2D eigenvalue weighted by molar-refractivity contribution is 0.0954. The van der Waals surface area contributed by atoms with Crippen LogP contribution < -0.4 is 5.32 Å². The van der Waals surface area contributed by atoms with Gasteiger partial charge < -0.3 is 5.32 Å². The van der Waals surface area contributed by atoms with Crippen molar-refractivity contribution in [1.29, 1.82) is 0 Å². The Bertz CT molecular complexity index is 456. The molecule has 0 bridgehead atoms. The van der Waals surface area contributed by atoms with Crippen molar-refractivity contribution in [3.63, 3.8) is 0 Å². The van der Waals surface area contributed by atoms with E-state index in [1.54, 1.807) is 12.1 Å². The molecule has 1 saturated carbocycles. The minimum absolute atomic E-state index is 0. The van der Waals surface area contributed by atoms with Gasteiger partial charge in [0, 0.05) is 11.0 Å². The molecule has 0 atom stereocenters. The highest BCUT2D eigenvalue weighted by Gasteiger charge is 2.15. The number of carbonyl (C=O) groups excluding carboxylic acids is 1. The van der Waals surface area contributed by atoms with Crippen LogP contribution in [0, 0.1) is 20.8 Å². The van der Waals surface area contributed by atoms with Gasteiger partial charge in [-0.15, -0.1) is 0 Å². The van der Waals surface area contributed by atoms with Gasteiger partial charge >= 0.3 is 0 Å². The Morgan fingerprint density at radius 2 is 1.68 bits per heavy atom. The van der Waals surface area contributed by atoms with E-state index in [0.29, 0.717) is 17.1 Å². The van der Waals surface area contributed by atoms with Crippen molar-refractivity contribution in [3.05, 3.63) is 54.0 Å². The second-order valence-electron chi connectivity index (χ2n) is 5.32. The van der Waals surface area contributed by atoms with Gasteiger partial charge in [-0.2, -0.15) is 0 Å². The zero-order valence-corrected chi connectivity index (χ0v) is 15.3. The first-order chi connectivity index (χ1) is 9.66. The second-order valence-corrected chi connectivity index (χ2v) is 6.65. The van der Waals surface area contributed by atoms with Gasteiger partial charge in [0.05, 0.1) is 10.6 Å². The first kappa shape index (κ1) is 21.5. The van der Waals surface area contributed by atoms with E-state index in [0.717, 1.165) is 17.3 Å². The predicted octanol–water partition coefficient (Wildman–Crippen LogP) is 5.81. The Kier molecular flexibility index (Phi) is 10.8. The summed E-state index contributed by atoms with van der Waals surface area (Å²) in [5.41, 5.74) is 0.535. The summed E-state index contributed by atoms with van der Waals surface area (Å²) in [6.07, 6.45) is 8.78. The van der Waals surface area contributed by atoms with Crippen LogP contribution in [-0.2, 0) is 0 Å². The maximum absolute atomic E-state index is 12.2. The summed E-state index contributed by atoms with van der Waals surface area (Å²) in [7, 11) is 0. The quantitative estimate of drug-likeness (QED) is 0.699. The van der Waals surface area contributed by atoms with Gasteiger partial charge in [-0.1, -0.05) is 74.5 Å². The molecule has 1 amide bonds. The Morgan fingerprint density at radius 1 is 1.09 bits per heavy atom. The molecule has 1 aliphatic carbocycles. The standard InChI is InChI=1S/C16H20BrClNO.2CH2/c17-13-8-9-15(18)14(10-13)16(20)19-11-12-6-4-2-1-3-5-7-12;;/h8-10H,1-7,11H2,(H,19,20);2*1H2. The Hall–Kier alpha value is -0.540. The lowest BCUT2D eigenvalue weighted by atomic mass is 9.91. The highest BCUT2D eigenvalue weighted by atomic mass is 79.9. The third kappa shape index (κ3) is 6.70. The summed E-state index contributed by atoms with van der Waals surface area (Å²) < 4.78 is 0.866. The van der Waals surface area contributed by atoms with Crippen molar-refractivity contribution in [3.8, 4) is 0 Å². The maximum Gasteiger partial charge on any atom is 0.252 e. The molecule has 1 fully saturated rings. The number of nitrogens with one attached hydrogen (secondary N) is 1. The van der Waals surface area contributed by atoms with Crippen LogP contribution in [0.1, 0.15) is 55.3 Å². The summed E-state index contributed by atoms with van der Waals surface area (Å²) in [6.45, 7) is 0.682. The minimum Gasteiger partial charge on any atom is -0.351 e. The second kappa shape index (κ2) is 11.1. The van der Waals surface area contributed by atoms with E-state index in [1.165, 1.54) is 38.0 Å². The van der Waals surface area contributed by atoms with Crippen molar-refractivity contribution in [2.45, 2.75) is 44.9 Å². The first-order valence-electron chi connectivity index (χ1n) is 7.23. The molecule has 0 spiro atoms. The monoisotopic (exact) mass is 384 g/mol. The van der Waals surface area contributed by atoms with Gasteiger partial charge in [-0.25, -0.2) is 0 Å². The molecule has 1 N–H and O–H groups in total. The fourth-order valence-corrected chi connectivity index (χ4v) is 3.12. The molecule has 1 aromatic carbocycles. The van der Waals surface area contributed by atoms with Crippen LogP contribution in [0.4, 0.5) is 0 Å². The fourth-order valence-electron chi connectivity index (χ4n) is 2.55. The van der Waals surface area contributed by atoms with Crippen LogP contribution in [0.2, 0.25) is 5.02 Å². The van der Waals surface area contributed by atoms with Crippen LogP contribution in [0.15, 0.2) is 22.7 Å². The zero-order chi connectivity index (χ0) is 14.4. The van der Waals surface area contributed by atoms with Gasteiger partial charge in [0.25, 0.3) is 5.91 Å². The normalized spacial score (nSPS) is 15.7. The molecular formula is C18H24BrClNO. The molecule has 121 valence electrons. The topological polar surface area (TPSA) is 29.1 Å². The van der Waals surface area contributed by atoms with E-state index < -0.39 is 0 Å². The van der Waals surface area contributed by atoms with Crippen LogP contribution in [-0.4, -0.2) is 12.5 Å². The van der Waals surface area contributed by atoms with Crippen molar-refractivity contribution >= 4 is 33.4 Å². The lowest BCUT2D eigenvalue weighted by Crippen LogP contribution is -2.29.